The van der Waals surface area contributed by atoms with Gasteiger partial charge in [0.05, 0.1) is 12.8 Å². The summed E-state index contributed by atoms with van der Waals surface area (Å²) in [6.45, 7) is 5.23. The summed E-state index contributed by atoms with van der Waals surface area (Å²) >= 11 is 0. The lowest BCUT2D eigenvalue weighted by Crippen LogP contribution is -2.49. The largest absolute Gasteiger partial charge is 0.466 e. The number of nitrogens with zero attached hydrogens (tertiary/aromatic N) is 1. The van der Waals surface area contributed by atoms with E-state index in [2.05, 4.69) is 4.74 Å². The highest BCUT2D eigenvalue weighted by molar-refractivity contribution is 5.95. The smallest absolute Gasteiger partial charge is 0.417 e. The number of esters is 1. The van der Waals surface area contributed by atoms with Crippen LogP contribution in [0.25, 0.3) is 0 Å². The van der Waals surface area contributed by atoms with Gasteiger partial charge in [0.25, 0.3) is 0 Å². The molecule has 1 rings (SSSR count). The van der Waals surface area contributed by atoms with Gasteiger partial charge in [0, 0.05) is 7.11 Å². The molecule has 0 aliphatic rings. The van der Waals surface area contributed by atoms with Crippen LogP contribution in [0.3, 0.4) is 0 Å². The van der Waals surface area contributed by atoms with Gasteiger partial charge in [-0.05, 0) is 32.9 Å². The Morgan fingerprint density at radius 2 is 1.67 bits per heavy atom. The van der Waals surface area contributed by atoms with Crippen molar-refractivity contribution in [1.82, 2.24) is 0 Å². The summed E-state index contributed by atoms with van der Waals surface area (Å²) < 4.78 is 15.1. The third-order valence-electron chi connectivity index (χ3n) is 2.49. The fourth-order valence-electron chi connectivity index (χ4n) is 1.64. The first-order valence-corrected chi connectivity index (χ1v) is 6.48. The lowest BCUT2D eigenvalue weighted by atomic mass is 10.2. The molecule has 1 amide bonds. The second-order valence-corrected chi connectivity index (χ2v) is 5.30. The van der Waals surface area contributed by atoms with Gasteiger partial charge in [0.1, 0.15) is 5.60 Å². The Morgan fingerprint density at radius 3 is 2.10 bits per heavy atom. The third kappa shape index (κ3) is 4.75. The molecule has 0 spiro atoms. The van der Waals surface area contributed by atoms with E-state index in [9.17, 15) is 9.59 Å². The molecule has 6 nitrogen and oxygen atoms in total. The van der Waals surface area contributed by atoms with E-state index in [0.717, 1.165) is 4.90 Å². The first-order valence-electron chi connectivity index (χ1n) is 6.48. The molecule has 0 heterocycles. The van der Waals surface area contributed by atoms with Crippen LogP contribution in [0, 0.1) is 0 Å². The number of benzene rings is 1. The minimum atomic E-state index is -1.22. The van der Waals surface area contributed by atoms with E-state index in [0.29, 0.717) is 5.69 Å². The Kier molecular flexibility index (Phi) is 5.72. The van der Waals surface area contributed by atoms with Crippen molar-refractivity contribution >= 4 is 17.7 Å². The van der Waals surface area contributed by atoms with Gasteiger partial charge >= 0.3 is 12.1 Å². The Bertz CT molecular complexity index is 481. The molecule has 0 aliphatic carbocycles. The lowest BCUT2D eigenvalue weighted by molar-refractivity contribution is -0.152. The highest BCUT2D eigenvalue weighted by atomic mass is 16.6. The lowest BCUT2D eigenvalue weighted by Gasteiger charge is -2.31. The van der Waals surface area contributed by atoms with E-state index in [-0.39, 0.29) is 0 Å². The predicted octanol–water partition coefficient (Wildman–Crippen LogP) is 2.57. The number of carbonyl (C=O) groups excluding carboxylic acids is 2. The minimum Gasteiger partial charge on any atom is -0.466 e. The van der Waals surface area contributed by atoms with E-state index in [1.165, 1.54) is 14.2 Å². The molecule has 1 atom stereocenters. The monoisotopic (exact) mass is 295 g/mol. The van der Waals surface area contributed by atoms with Gasteiger partial charge in [0.15, 0.2) is 0 Å². The summed E-state index contributed by atoms with van der Waals surface area (Å²) in [4.78, 5) is 25.3. The van der Waals surface area contributed by atoms with E-state index in [4.69, 9.17) is 9.47 Å². The molecular weight excluding hydrogens is 274 g/mol. The maximum Gasteiger partial charge on any atom is 0.417 e. The SMILES string of the molecule is COC(=O)[C@H](OC)N(C(=O)OC(C)(C)C)c1ccccc1. The van der Waals surface area contributed by atoms with Gasteiger partial charge in [-0.15, -0.1) is 0 Å². The molecule has 1 aromatic rings. The molecule has 0 aliphatic heterocycles. The Hall–Kier alpha value is -2.08. The van der Waals surface area contributed by atoms with Crippen LogP contribution in [-0.2, 0) is 19.0 Å². The molecule has 0 N–H and O–H groups in total. The summed E-state index contributed by atoms with van der Waals surface area (Å²) in [7, 11) is 2.55. The Balaban J connectivity index is 3.17. The van der Waals surface area contributed by atoms with Crippen molar-refractivity contribution in [2.24, 2.45) is 0 Å². The highest BCUT2D eigenvalue weighted by Gasteiger charge is 2.35. The molecule has 0 radical (unpaired) electrons. The maximum atomic E-state index is 12.4. The highest BCUT2D eigenvalue weighted by Crippen LogP contribution is 2.21. The zero-order valence-electron chi connectivity index (χ0n) is 13.0. The fourth-order valence-corrected chi connectivity index (χ4v) is 1.64. The van der Waals surface area contributed by atoms with E-state index in [1.807, 2.05) is 0 Å². The second kappa shape index (κ2) is 7.08. The summed E-state index contributed by atoms with van der Waals surface area (Å²) in [6, 6.07) is 8.65. The average Bonchev–Trinajstić information content (AvgIpc) is 2.42. The zero-order chi connectivity index (χ0) is 16.0. The first kappa shape index (κ1) is 17.0. The van der Waals surface area contributed by atoms with Gasteiger partial charge in [-0.2, -0.15) is 0 Å². The van der Waals surface area contributed by atoms with Crippen molar-refractivity contribution in [3.8, 4) is 0 Å². The average molecular weight is 295 g/mol. The van der Waals surface area contributed by atoms with Gasteiger partial charge in [-0.1, -0.05) is 18.2 Å². The molecule has 0 unspecified atom stereocenters. The van der Waals surface area contributed by atoms with Crippen LogP contribution in [0.5, 0.6) is 0 Å². The first-order chi connectivity index (χ1) is 9.80. The van der Waals surface area contributed by atoms with Crippen LogP contribution >= 0.6 is 0 Å². The number of hydrogen-bond donors (Lipinski definition) is 0. The van der Waals surface area contributed by atoms with Crippen LogP contribution in [0.2, 0.25) is 0 Å². The topological polar surface area (TPSA) is 65.1 Å². The number of rotatable bonds is 4. The molecule has 21 heavy (non-hydrogen) atoms. The van der Waals surface area contributed by atoms with Crippen molar-refractivity contribution in [2.45, 2.75) is 32.6 Å². The Morgan fingerprint density at radius 1 is 1.10 bits per heavy atom. The van der Waals surface area contributed by atoms with E-state index in [1.54, 1.807) is 51.1 Å². The third-order valence-corrected chi connectivity index (χ3v) is 2.49. The van der Waals surface area contributed by atoms with Crippen molar-refractivity contribution < 1.29 is 23.8 Å². The van der Waals surface area contributed by atoms with Crippen molar-refractivity contribution in [3.05, 3.63) is 30.3 Å². The van der Waals surface area contributed by atoms with Crippen LogP contribution in [0.1, 0.15) is 20.8 Å². The molecule has 0 saturated carbocycles. The molecule has 6 heteroatoms. The molecule has 0 bridgehead atoms. The number of hydrogen-bond acceptors (Lipinski definition) is 5. The quantitative estimate of drug-likeness (QED) is 0.631. The number of ether oxygens (including phenoxy) is 3. The fraction of sp³-hybridized carbons (Fsp3) is 0.467. The van der Waals surface area contributed by atoms with Crippen molar-refractivity contribution in [2.75, 3.05) is 19.1 Å². The van der Waals surface area contributed by atoms with Gasteiger partial charge < -0.3 is 14.2 Å². The number of para-hydroxylation sites is 1. The number of amides is 1. The van der Waals surface area contributed by atoms with E-state index < -0.39 is 23.9 Å². The predicted molar refractivity (Wildman–Crippen MR) is 78.0 cm³/mol. The molecule has 0 fully saturated rings. The standard InChI is InChI=1S/C15H21NO5/c1-15(2,3)21-14(18)16(11-9-7-6-8-10-11)12(19-4)13(17)20-5/h6-10,12H,1-5H3/t12-/m0/s1. The van der Waals surface area contributed by atoms with Crippen LogP contribution in [0.4, 0.5) is 10.5 Å². The molecule has 116 valence electrons. The molecular formula is C15H21NO5. The molecule has 0 saturated heterocycles. The van der Waals surface area contributed by atoms with Crippen molar-refractivity contribution in [1.29, 1.82) is 0 Å². The second-order valence-electron chi connectivity index (χ2n) is 5.30. The van der Waals surface area contributed by atoms with Gasteiger partial charge in [-0.3, -0.25) is 0 Å². The number of anilines is 1. The van der Waals surface area contributed by atoms with Gasteiger partial charge in [-0.25, -0.2) is 14.5 Å². The minimum absolute atomic E-state index is 0.476. The summed E-state index contributed by atoms with van der Waals surface area (Å²) in [5.41, 5.74) is -0.220. The maximum absolute atomic E-state index is 12.4. The van der Waals surface area contributed by atoms with Crippen LogP contribution in [-0.4, -0.2) is 38.1 Å². The normalized spacial score (nSPS) is 12.4. The van der Waals surface area contributed by atoms with Crippen LogP contribution in [0.15, 0.2) is 30.3 Å². The Labute approximate surface area is 124 Å². The summed E-state index contributed by atoms with van der Waals surface area (Å²) in [6.07, 6.45) is -1.90. The zero-order valence-corrected chi connectivity index (χ0v) is 13.0. The number of methoxy groups -OCH3 is 2. The van der Waals surface area contributed by atoms with E-state index >= 15 is 0 Å². The summed E-state index contributed by atoms with van der Waals surface area (Å²) in [5, 5.41) is 0. The van der Waals surface area contributed by atoms with Crippen LogP contribution < -0.4 is 4.90 Å². The molecule has 1 aromatic carbocycles. The van der Waals surface area contributed by atoms with Gasteiger partial charge in [0.2, 0.25) is 6.23 Å². The summed E-state index contributed by atoms with van der Waals surface area (Å²) in [5.74, 6) is -0.688. The number of carbonyl (C=O) groups is 2. The van der Waals surface area contributed by atoms with Crippen molar-refractivity contribution in [3.63, 3.8) is 0 Å². The molecule has 0 aromatic heterocycles.